The molecular formula is C15H14ClN5. The van der Waals surface area contributed by atoms with Crippen molar-refractivity contribution in [1.82, 2.24) is 19.7 Å². The maximum Gasteiger partial charge on any atom is 0.138 e. The highest BCUT2D eigenvalue weighted by molar-refractivity contribution is 6.33. The number of para-hydroxylation sites is 1. The summed E-state index contributed by atoms with van der Waals surface area (Å²) in [6.07, 6.45) is 6.77. The Morgan fingerprint density at radius 3 is 2.90 bits per heavy atom. The number of aromatic nitrogens is 4. The summed E-state index contributed by atoms with van der Waals surface area (Å²) in [6.45, 7) is 2.73. The molecular weight excluding hydrogens is 286 g/mol. The van der Waals surface area contributed by atoms with Gasteiger partial charge in [0.1, 0.15) is 18.3 Å². The molecule has 0 aliphatic rings. The van der Waals surface area contributed by atoms with Crippen LogP contribution in [0, 0.1) is 6.92 Å². The number of nitrogens with zero attached hydrogens (tertiary/aromatic N) is 4. The second-order valence-electron chi connectivity index (χ2n) is 4.63. The fourth-order valence-electron chi connectivity index (χ4n) is 2.09. The molecule has 1 aromatic carbocycles. The van der Waals surface area contributed by atoms with E-state index in [0.717, 1.165) is 16.9 Å². The zero-order valence-corrected chi connectivity index (χ0v) is 12.2. The molecule has 2 aromatic heterocycles. The minimum Gasteiger partial charge on any atom is -0.379 e. The molecule has 2 heterocycles. The molecule has 0 radical (unpaired) electrons. The van der Waals surface area contributed by atoms with Crippen molar-refractivity contribution < 1.29 is 0 Å². The normalized spacial score (nSPS) is 10.6. The molecule has 0 amide bonds. The van der Waals surface area contributed by atoms with Crippen molar-refractivity contribution in [2.75, 3.05) is 5.32 Å². The van der Waals surface area contributed by atoms with Crippen molar-refractivity contribution in [3.8, 4) is 5.69 Å². The van der Waals surface area contributed by atoms with Crippen LogP contribution in [0.3, 0.4) is 0 Å². The lowest BCUT2D eigenvalue weighted by atomic mass is 10.1. The first kappa shape index (κ1) is 13.6. The van der Waals surface area contributed by atoms with Gasteiger partial charge in [0.25, 0.3) is 0 Å². The van der Waals surface area contributed by atoms with Crippen LogP contribution in [0.15, 0.2) is 49.3 Å². The Hall–Kier alpha value is -2.40. The van der Waals surface area contributed by atoms with Crippen molar-refractivity contribution in [1.29, 1.82) is 0 Å². The average molecular weight is 300 g/mol. The molecule has 0 aliphatic carbocycles. The topological polar surface area (TPSA) is 55.6 Å². The van der Waals surface area contributed by atoms with Crippen LogP contribution in [0.5, 0.6) is 0 Å². The number of aryl methyl sites for hydroxylation is 1. The van der Waals surface area contributed by atoms with Crippen LogP contribution in [-0.4, -0.2) is 19.7 Å². The van der Waals surface area contributed by atoms with Gasteiger partial charge in [-0.3, -0.25) is 4.98 Å². The molecule has 0 unspecified atom stereocenters. The monoisotopic (exact) mass is 299 g/mol. The van der Waals surface area contributed by atoms with Gasteiger partial charge in [0.2, 0.25) is 0 Å². The molecule has 6 heteroatoms. The van der Waals surface area contributed by atoms with E-state index in [1.54, 1.807) is 17.2 Å². The van der Waals surface area contributed by atoms with Crippen molar-refractivity contribution in [3.05, 3.63) is 65.5 Å². The average Bonchev–Trinajstić information content (AvgIpc) is 3.00. The molecule has 5 nitrogen and oxygen atoms in total. The summed E-state index contributed by atoms with van der Waals surface area (Å²) in [4.78, 5) is 8.12. The van der Waals surface area contributed by atoms with Gasteiger partial charge in [-0.15, -0.1) is 0 Å². The van der Waals surface area contributed by atoms with Crippen LogP contribution in [0.1, 0.15) is 11.1 Å². The summed E-state index contributed by atoms with van der Waals surface area (Å²) in [7, 11) is 0. The zero-order valence-electron chi connectivity index (χ0n) is 11.5. The van der Waals surface area contributed by atoms with E-state index in [4.69, 9.17) is 11.6 Å². The molecule has 0 saturated heterocycles. The third-order valence-corrected chi connectivity index (χ3v) is 3.56. The van der Waals surface area contributed by atoms with Crippen molar-refractivity contribution in [2.24, 2.45) is 0 Å². The van der Waals surface area contributed by atoms with E-state index in [1.165, 1.54) is 11.9 Å². The molecule has 106 valence electrons. The van der Waals surface area contributed by atoms with Crippen LogP contribution in [0.2, 0.25) is 5.02 Å². The maximum atomic E-state index is 6.29. The van der Waals surface area contributed by atoms with Gasteiger partial charge in [0.05, 0.1) is 10.7 Å². The number of anilines is 1. The van der Waals surface area contributed by atoms with Crippen LogP contribution in [-0.2, 0) is 6.54 Å². The molecule has 0 bridgehead atoms. The Morgan fingerprint density at radius 2 is 2.14 bits per heavy atom. The number of rotatable bonds is 4. The largest absolute Gasteiger partial charge is 0.379 e. The molecule has 0 atom stereocenters. The predicted molar refractivity (Wildman–Crippen MR) is 82.7 cm³/mol. The van der Waals surface area contributed by atoms with E-state index in [1.807, 2.05) is 30.5 Å². The van der Waals surface area contributed by atoms with Gasteiger partial charge in [-0.1, -0.05) is 17.7 Å². The minimum absolute atomic E-state index is 0.619. The SMILES string of the molecule is Cc1ccncc1CNc1cccc(Cl)c1-n1cncn1. The standard InChI is InChI=1S/C15H14ClN5/c1-11-5-6-17-7-12(11)8-19-14-4-2-3-13(16)15(14)21-10-18-9-20-21/h2-7,9-10,19H,8H2,1H3. The van der Waals surface area contributed by atoms with Crippen LogP contribution in [0.25, 0.3) is 5.69 Å². The highest BCUT2D eigenvalue weighted by Crippen LogP contribution is 2.28. The summed E-state index contributed by atoms with van der Waals surface area (Å²) in [5.41, 5.74) is 4.03. The first-order chi connectivity index (χ1) is 10.3. The Kier molecular flexibility index (Phi) is 3.83. The van der Waals surface area contributed by atoms with Crippen molar-refractivity contribution >= 4 is 17.3 Å². The zero-order chi connectivity index (χ0) is 14.7. The number of hydrogen-bond donors (Lipinski definition) is 1. The fraction of sp³-hybridized carbons (Fsp3) is 0.133. The number of pyridine rings is 1. The number of hydrogen-bond acceptors (Lipinski definition) is 4. The van der Waals surface area contributed by atoms with E-state index >= 15 is 0 Å². The summed E-state index contributed by atoms with van der Waals surface area (Å²) in [6, 6.07) is 7.70. The van der Waals surface area contributed by atoms with Crippen LogP contribution < -0.4 is 5.32 Å². The quantitative estimate of drug-likeness (QED) is 0.803. The summed E-state index contributed by atoms with van der Waals surface area (Å²) >= 11 is 6.29. The van der Waals surface area contributed by atoms with Gasteiger partial charge in [-0.2, -0.15) is 5.10 Å². The van der Waals surface area contributed by atoms with Crippen LogP contribution >= 0.6 is 11.6 Å². The van der Waals surface area contributed by atoms with Crippen molar-refractivity contribution in [2.45, 2.75) is 13.5 Å². The first-order valence-electron chi connectivity index (χ1n) is 6.52. The first-order valence-corrected chi connectivity index (χ1v) is 6.90. The van der Waals surface area contributed by atoms with E-state index in [9.17, 15) is 0 Å². The summed E-state index contributed by atoms with van der Waals surface area (Å²) < 4.78 is 1.65. The Labute approximate surface area is 127 Å². The van der Waals surface area contributed by atoms with Crippen molar-refractivity contribution in [3.63, 3.8) is 0 Å². The number of nitrogens with one attached hydrogen (secondary N) is 1. The maximum absolute atomic E-state index is 6.29. The van der Waals surface area contributed by atoms with E-state index in [2.05, 4.69) is 27.3 Å². The molecule has 0 saturated carbocycles. The Bertz CT molecular complexity index is 740. The minimum atomic E-state index is 0.619. The van der Waals surface area contributed by atoms with Gasteiger partial charge in [-0.05, 0) is 36.2 Å². The molecule has 0 fully saturated rings. The lowest BCUT2D eigenvalue weighted by molar-refractivity contribution is 0.877. The van der Waals surface area contributed by atoms with Gasteiger partial charge in [-0.25, -0.2) is 9.67 Å². The molecule has 3 rings (SSSR count). The number of halogens is 1. The van der Waals surface area contributed by atoms with E-state index in [-0.39, 0.29) is 0 Å². The second-order valence-corrected chi connectivity index (χ2v) is 5.04. The molecule has 21 heavy (non-hydrogen) atoms. The van der Waals surface area contributed by atoms with E-state index in [0.29, 0.717) is 11.6 Å². The molecule has 1 N–H and O–H groups in total. The third kappa shape index (κ3) is 2.87. The number of benzene rings is 1. The van der Waals surface area contributed by atoms with Crippen LogP contribution in [0.4, 0.5) is 5.69 Å². The smallest absolute Gasteiger partial charge is 0.138 e. The third-order valence-electron chi connectivity index (χ3n) is 3.25. The fourth-order valence-corrected chi connectivity index (χ4v) is 2.35. The Balaban J connectivity index is 1.90. The summed E-state index contributed by atoms with van der Waals surface area (Å²) in [5.74, 6) is 0. The molecule has 0 spiro atoms. The summed E-state index contributed by atoms with van der Waals surface area (Å²) in [5, 5.41) is 8.15. The van der Waals surface area contributed by atoms with Gasteiger partial charge >= 0.3 is 0 Å². The van der Waals surface area contributed by atoms with Gasteiger partial charge in [0.15, 0.2) is 0 Å². The lowest BCUT2D eigenvalue weighted by Crippen LogP contribution is -2.06. The highest BCUT2D eigenvalue weighted by Gasteiger charge is 2.10. The van der Waals surface area contributed by atoms with E-state index < -0.39 is 0 Å². The lowest BCUT2D eigenvalue weighted by Gasteiger charge is -2.14. The highest BCUT2D eigenvalue weighted by atomic mass is 35.5. The second kappa shape index (κ2) is 5.93. The molecule has 0 aliphatic heterocycles. The molecule has 3 aromatic rings. The van der Waals surface area contributed by atoms with Gasteiger partial charge < -0.3 is 5.32 Å². The van der Waals surface area contributed by atoms with Gasteiger partial charge in [0, 0.05) is 18.9 Å². The predicted octanol–water partition coefficient (Wildman–Crippen LogP) is 3.24. The Morgan fingerprint density at radius 1 is 1.24 bits per heavy atom.